The van der Waals surface area contributed by atoms with Crippen molar-refractivity contribution in [1.29, 1.82) is 0 Å². The Balaban J connectivity index is 0.000000210. The van der Waals surface area contributed by atoms with E-state index in [9.17, 15) is 0 Å². The van der Waals surface area contributed by atoms with E-state index in [2.05, 4.69) is 140 Å². The van der Waals surface area contributed by atoms with E-state index in [-0.39, 0.29) is 0 Å². The summed E-state index contributed by atoms with van der Waals surface area (Å²) in [5.41, 5.74) is 6.97. The molecule has 4 aromatic heterocycles. The highest BCUT2D eigenvalue weighted by Crippen LogP contribution is 2.37. The van der Waals surface area contributed by atoms with Crippen LogP contribution in [0.15, 0.2) is 107 Å². The molecule has 2 atom stereocenters. The van der Waals surface area contributed by atoms with Crippen molar-refractivity contribution in [1.82, 2.24) is 19.9 Å². The lowest BCUT2D eigenvalue weighted by atomic mass is 9.88. The van der Waals surface area contributed by atoms with Crippen molar-refractivity contribution in [2.45, 2.75) is 39.5 Å². The first kappa shape index (κ1) is 38.8. The van der Waals surface area contributed by atoms with Crippen molar-refractivity contribution in [3.63, 3.8) is 0 Å². The van der Waals surface area contributed by atoms with Gasteiger partial charge in [-0.3, -0.25) is 9.97 Å². The molecule has 256 valence electrons. The second-order valence-corrected chi connectivity index (χ2v) is 15.2. The van der Waals surface area contributed by atoms with Gasteiger partial charge < -0.3 is 9.47 Å². The maximum Gasteiger partial charge on any atom is 0.137 e. The molecule has 0 aliphatic heterocycles. The number of halogens is 3. The van der Waals surface area contributed by atoms with Gasteiger partial charge in [0, 0.05) is 75.2 Å². The molecule has 0 saturated carbocycles. The van der Waals surface area contributed by atoms with E-state index in [1.165, 1.54) is 16.1 Å². The molecule has 6 nitrogen and oxygen atoms in total. The Morgan fingerprint density at radius 2 is 1.06 bits per heavy atom. The minimum absolute atomic E-state index is 0.304. The van der Waals surface area contributed by atoms with Gasteiger partial charge in [0.25, 0.3) is 0 Å². The predicted octanol–water partition coefficient (Wildman–Crippen LogP) is 12.5. The molecule has 0 amide bonds. The van der Waals surface area contributed by atoms with Gasteiger partial charge in [-0.15, -0.1) is 22.7 Å². The number of thiazole rings is 2. The fourth-order valence-corrected chi connectivity index (χ4v) is 8.05. The van der Waals surface area contributed by atoms with Crippen molar-refractivity contribution in [3.05, 3.63) is 128 Å². The number of nitrogens with zero attached hydrogens (tertiary/aromatic N) is 4. The third-order valence-electron chi connectivity index (χ3n) is 7.92. The van der Waals surface area contributed by atoms with E-state index in [1.54, 1.807) is 49.3 Å². The molecule has 0 bridgehead atoms. The maximum atomic E-state index is 5.26. The van der Waals surface area contributed by atoms with Gasteiger partial charge >= 0.3 is 0 Å². The van der Waals surface area contributed by atoms with E-state index in [1.807, 2.05) is 42.3 Å². The Kier molecular flexibility index (Phi) is 15.4. The normalized spacial score (nSPS) is 12.0. The first-order valence-electron chi connectivity index (χ1n) is 15.6. The van der Waals surface area contributed by atoms with E-state index in [0.717, 1.165) is 42.5 Å². The third kappa shape index (κ3) is 10.5. The average molecular weight is 888 g/mol. The van der Waals surface area contributed by atoms with E-state index < -0.39 is 0 Å². The molecule has 0 fully saturated rings. The second-order valence-electron chi connectivity index (χ2n) is 11.8. The second kappa shape index (κ2) is 19.4. The summed E-state index contributed by atoms with van der Waals surface area (Å²) in [4.78, 5) is 17.5. The number of ether oxygens (including phenoxy) is 2. The molecule has 49 heavy (non-hydrogen) atoms. The zero-order valence-electron chi connectivity index (χ0n) is 28.2. The summed E-state index contributed by atoms with van der Waals surface area (Å²) in [5.74, 6) is 3.17. The van der Waals surface area contributed by atoms with Crippen LogP contribution in [0.3, 0.4) is 0 Å². The van der Waals surface area contributed by atoms with Gasteiger partial charge in [-0.2, -0.15) is 0 Å². The molecule has 0 spiro atoms. The summed E-state index contributed by atoms with van der Waals surface area (Å²) in [6.07, 6.45) is 10.9. The fourth-order valence-electron chi connectivity index (χ4n) is 5.57. The number of benzene rings is 2. The van der Waals surface area contributed by atoms with Crippen molar-refractivity contribution < 1.29 is 9.47 Å². The number of hydrogen-bond donors (Lipinski definition) is 0. The molecule has 0 N–H and O–H groups in total. The molecule has 2 unspecified atom stereocenters. The molecular weight excluding hydrogens is 848 g/mol. The first-order chi connectivity index (χ1) is 23.8. The quantitative estimate of drug-likeness (QED) is 0.136. The summed E-state index contributed by atoms with van der Waals surface area (Å²) >= 11 is 12.4. The predicted molar refractivity (Wildman–Crippen MR) is 216 cm³/mol. The van der Waals surface area contributed by atoms with Crippen LogP contribution < -0.4 is 9.47 Å². The van der Waals surface area contributed by atoms with Crippen LogP contribution in [-0.4, -0.2) is 34.2 Å². The van der Waals surface area contributed by atoms with Crippen molar-refractivity contribution in [2.75, 3.05) is 14.2 Å². The number of pyridine rings is 2. The van der Waals surface area contributed by atoms with Gasteiger partial charge in [0.2, 0.25) is 0 Å². The number of methoxy groups -OCH3 is 2. The highest BCUT2D eigenvalue weighted by atomic mass is 80.9. The lowest BCUT2D eigenvalue weighted by Crippen LogP contribution is -2.08. The Hall–Kier alpha value is -2.96. The zero-order chi connectivity index (χ0) is 35.3. The van der Waals surface area contributed by atoms with Gasteiger partial charge in [0.05, 0.1) is 36.6 Å². The number of rotatable bonds is 10. The Morgan fingerprint density at radius 1 is 0.592 bits per heavy atom. The summed E-state index contributed by atoms with van der Waals surface area (Å²) < 4.78 is 11.6. The summed E-state index contributed by atoms with van der Waals surface area (Å²) in [6, 6.07) is 21.4. The summed E-state index contributed by atoms with van der Waals surface area (Å²) in [5, 5.41) is 4.37. The highest BCUT2D eigenvalue weighted by Gasteiger charge is 2.22. The monoisotopic (exact) mass is 884 g/mol. The SMILES string of the molecule is BrBr.COc1cncc(-c2ccc(C(c3ncc(Br)s3)C(C)C)cc2)c1.COc1cncc(-c2ccc(C(c3nccs3)C(C)C)cc2)c1. The van der Waals surface area contributed by atoms with Gasteiger partial charge in [-0.05, 0) is 62.2 Å². The molecule has 4 heterocycles. The largest absolute Gasteiger partial charge is 0.495 e. The summed E-state index contributed by atoms with van der Waals surface area (Å²) in [7, 11) is 3.31. The van der Waals surface area contributed by atoms with Gasteiger partial charge in [-0.1, -0.05) is 76.2 Å². The van der Waals surface area contributed by atoms with Gasteiger partial charge in [0.15, 0.2) is 0 Å². The molecule has 11 heteroatoms. The van der Waals surface area contributed by atoms with Crippen LogP contribution >= 0.6 is 66.9 Å². The topological polar surface area (TPSA) is 70.0 Å². The molecule has 6 rings (SSSR count). The van der Waals surface area contributed by atoms with Crippen LogP contribution in [0.25, 0.3) is 22.3 Å². The molecule has 6 aromatic rings. The summed E-state index contributed by atoms with van der Waals surface area (Å²) in [6.45, 7) is 8.96. The minimum atomic E-state index is 0.304. The van der Waals surface area contributed by atoms with Gasteiger partial charge in [0.1, 0.15) is 21.5 Å². The Morgan fingerprint density at radius 3 is 1.43 bits per heavy atom. The molecular formula is C38H39Br3N4O2S2. The fraction of sp³-hybridized carbons (Fsp3) is 0.263. The van der Waals surface area contributed by atoms with Gasteiger partial charge in [-0.25, -0.2) is 9.97 Å². The number of hydrogen-bond acceptors (Lipinski definition) is 8. The minimum Gasteiger partial charge on any atom is -0.495 e. The molecule has 0 aliphatic carbocycles. The van der Waals surface area contributed by atoms with Crippen LogP contribution in [0.1, 0.15) is 60.7 Å². The molecule has 0 aliphatic rings. The van der Waals surface area contributed by atoms with E-state index in [4.69, 9.17) is 9.47 Å². The van der Waals surface area contributed by atoms with Crippen LogP contribution in [0, 0.1) is 11.8 Å². The van der Waals surface area contributed by atoms with E-state index >= 15 is 0 Å². The zero-order valence-corrected chi connectivity index (χ0v) is 34.6. The van der Waals surface area contributed by atoms with Crippen LogP contribution in [0.4, 0.5) is 0 Å². The van der Waals surface area contributed by atoms with Crippen LogP contribution in [0.2, 0.25) is 0 Å². The van der Waals surface area contributed by atoms with E-state index in [0.29, 0.717) is 23.7 Å². The van der Waals surface area contributed by atoms with Crippen LogP contribution in [0.5, 0.6) is 11.5 Å². The lowest BCUT2D eigenvalue weighted by molar-refractivity contribution is 0.413. The lowest BCUT2D eigenvalue weighted by Gasteiger charge is -2.19. The molecule has 2 aromatic carbocycles. The molecule has 0 radical (unpaired) electrons. The first-order valence-corrected chi connectivity index (χ1v) is 21.8. The third-order valence-corrected chi connectivity index (χ3v) is 10.3. The van der Waals surface area contributed by atoms with Crippen molar-refractivity contribution >= 4 is 66.9 Å². The van der Waals surface area contributed by atoms with Crippen molar-refractivity contribution in [2.24, 2.45) is 11.8 Å². The molecule has 0 saturated heterocycles. The Bertz CT molecular complexity index is 1850. The van der Waals surface area contributed by atoms with Crippen molar-refractivity contribution in [3.8, 4) is 33.8 Å². The Labute approximate surface area is 321 Å². The average Bonchev–Trinajstić information content (AvgIpc) is 3.82. The maximum absolute atomic E-state index is 5.26. The highest BCUT2D eigenvalue weighted by molar-refractivity contribution is 9.93. The number of aromatic nitrogens is 4. The standard InChI is InChI=1S/C19H19BrN2OS.C19H20N2OS.Br2/c1-12(2)18(19-22-11-17(20)24-19)14-6-4-13(5-7-14)15-8-16(23-3)10-21-9-15;1-13(2)18(19-21-8-9-23-19)15-6-4-14(5-7-15)16-10-17(22-3)12-20-11-16;1-2/h4-12,18H,1-3H3;4-13,18H,1-3H3;. The smallest absolute Gasteiger partial charge is 0.137 e. The van der Waals surface area contributed by atoms with Crippen LogP contribution in [-0.2, 0) is 0 Å².